The molecule has 0 unspecified atom stereocenters. The zero-order chi connectivity index (χ0) is 11.5. The normalized spacial score (nSPS) is 10.2. The van der Waals surface area contributed by atoms with Gasteiger partial charge in [0, 0.05) is 0 Å². The van der Waals surface area contributed by atoms with E-state index in [0.717, 1.165) is 18.0 Å². The molecule has 0 atom stereocenters. The van der Waals surface area contributed by atoms with Crippen LogP contribution in [0.15, 0.2) is 30.6 Å². The first-order valence-electron chi connectivity index (χ1n) is 4.68. The van der Waals surface area contributed by atoms with Crippen molar-refractivity contribution < 1.29 is 9.13 Å². The number of halogens is 1. The fourth-order valence-electron chi connectivity index (χ4n) is 1.38. The Hall–Kier alpha value is -1.97. The molecule has 1 heterocycles. The quantitative estimate of drug-likeness (QED) is 0.775. The summed E-state index contributed by atoms with van der Waals surface area (Å²) in [6.45, 7) is 3.81. The summed E-state index contributed by atoms with van der Waals surface area (Å²) in [5.41, 5.74) is 1.53. The number of nitrogens with zero attached hydrogens (tertiary/aromatic N) is 2. The fraction of sp³-hybridized carbons (Fsp3) is 0.0833. The molecule has 2 aromatic rings. The van der Waals surface area contributed by atoms with Crippen molar-refractivity contribution in [1.82, 2.24) is 9.97 Å². The standard InChI is InChI=1S/C12H10FN2O/c1-8-3-4-11(16-2)10(5-8)12-14-6-9(13)7-15-12/h3-7H,1H2,2H3. The summed E-state index contributed by atoms with van der Waals surface area (Å²) in [5.74, 6) is 0.594. The molecule has 2 rings (SSSR count). The second-order valence-electron chi connectivity index (χ2n) is 3.26. The molecule has 3 nitrogen and oxygen atoms in total. The number of hydrogen-bond acceptors (Lipinski definition) is 3. The molecule has 1 radical (unpaired) electrons. The molecular formula is C12H10FN2O. The van der Waals surface area contributed by atoms with Crippen LogP contribution in [0.1, 0.15) is 5.56 Å². The number of aromatic nitrogens is 2. The SMILES string of the molecule is [CH2]c1ccc(OC)c(-c2ncc(F)cn2)c1. The van der Waals surface area contributed by atoms with Crippen molar-refractivity contribution in [2.45, 2.75) is 0 Å². The van der Waals surface area contributed by atoms with Gasteiger partial charge >= 0.3 is 0 Å². The first-order valence-corrected chi connectivity index (χ1v) is 4.68. The highest BCUT2D eigenvalue weighted by Gasteiger charge is 2.08. The van der Waals surface area contributed by atoms with Gasteiger partial charge in [0.05, 0.1) is 25.1 Å². The lowest BCUT2D eigenvalue weighted by atomic mass is 10.1. The van der Waals surface area contributed by atoms with Gasteiger partial charge in [-0.1, -0.05) is 6.07 Å². The summed E-state index contributed by atoms with van der Waals surface area (Å²) in [4.78, 5) is 7.81. The van der Waals surface area contributed by atoms with Crippen molar-refractivity contribution in [2.24, 2.45) is 0 Å². The summed E-state index contributed by atoms with van der Waals surface area (Å²) in [7, 11) is 1.56. The van der Waals surface area contributed by atoms with Gasteiger partial charge in [0.1, 0.15) is 5.75 Å². The van der Waals surface area contributed by atoms with E-state index in [1.807, 2.05) is 6.07 Å². The Morgan fingerprint density at radius 2 is 1.94 bits per heavy atom. The third kappa shape index (κ3) is 2.00. The van der Waals surface area contributed by atoms with Crippen molar-refractivity contribution in [2.75, 3.05) is 7.11 Å². The zero-order valence-electron chi connectivity index (χ0n) is 8.77. The second-order valence-corrected chi connectivity index (χ2v) is 3.26. The maximum Gasteiger partial charge on any atom is 0.163 e. The lowest BCUT2D eigenvalue weighted by molar-refractivity contribution is 0.416. The molecule has 0 N–H and O–H groups in total. The highest BCUT2D eigenvalue weighted by molar-refractivity contribution is 5.65. The highest BCUT2D eigenvalue weighted by Crippen LogP contribution is 2.27. The van der Waals surface area contributed by atoms with E-state index in [4.69, 9.17) is 4.74 Å². The number of hydrogen-bond donors (Lipinski definition) is 0. The number of rotatable bonds is 2. The Morgan fingerprint density at radius 1 is 1.25 bits per heavy atom. The van der Waals surface area contributed by atoms with E-state index < -0.39 is 5.82 Å². The molecule has 0 fully saturated rings. The minimum absolute atomic E-state index is 0.420. The van der Waals surface area contributed by atoms with Gasteiger partial charge < -0.3 is 4.74 Å². The molecular weight excluding hydrogens is 207 g/mol. The van der Waals surface area contributed by atoms with E-state index in [-0.39, 0.29) is 0 Å². The molecule has 1 aromatic carbocycles. The van der Waals surface area contributed by atoms with E-state index in [2.05, 4.69) is 16.9 Å². The molecule has 0 saturated heterocycles. The lowest BCUT2D eigenvalue weighted by Gasteiger charge is -2.07. The van der Waals surface area contributed by atoms with Gasteiger partial charge in [-0.25, -0.2) is 14.4 Å². The monoisotopic (exact) mass is 217 g/mol. The summed E-state index contributed by atoms with van der Waals surface area (Å²) in [6, 6.07) is 5.41. The first kappa shape index (κ1) is 10.5. The molecule has 16 heavy (non-hydrogen) atoms. The number of ether oxygens (including phenoxy) is 1. The lowest BCUT2D eigenvalue weighted by Crippen LogP contribution is -1.94. The molecule has 1 aromatic heterocycles. The van der Waals surface area contributed by atoms with Gasteiger partial charge in [0.15, 0.2) is 11.6 Å². The van der Waals surface area contributed by atoms with Gasteiger partial charge in [-0.15, -0.1) is 0 Å². The predicted octanol–water partition coefficient (Wildman–Crippen LogP) is 2.47. The molecule has 0 amide bonds. The summed E-state index contributed by atoms with van der Waals surface area (Å²) in [5, 5.41) is 0. The van der Waals surface area contributed by atoms with Gasteiger partial charge in [-0.05, 0) is 24.6 Å². The maximum atomic E-state index is 12.7. The molecule has 0 bridgehead atoms. The van der Waals surface area contributed by atoms with Crippen molar-refractivity contribution in [3.63, 3.8) is 0 Å². The minimum atomic E-state index is -0.464. The predicted molar refractivity (Wildman–Crippen MR) is 58.4 cm³/mol. The van der Waals surface area contributed by atoms with Crippen LogP contribution in [0.25, 0.3) is 11.4 Å². The Bertz CT molecular complexity index is 497. The zero-order valence-corrected chi connectivity index (χ0v) is 8.77. The minimum Gasteiger partial charge on any atom is -0.496 e. The number of methoxy groups -OCH3 is 1. The molecule has 0 aliphatic carbocycles. The van der Waals surface area contributed by atoms with Crippen LogP contribution in [0.4, 0.5) is 4.39 Å². The third-order valence-corrected chi connectivity index (χ3v) is 2.13. The first-order chi connectivity index (χ1) is 7.70. The van der Waals surface area contributed by atoms with Crippen LogP contribution < -0.4 is 4.74 Å². The summed E-state index contributed by atoms with van der Waals surface area (Å²) < 4.78 is 17.9. The average Bonchev–Trinajstić information content (AvgIpc) is 2.30. The number of benzene rings is 1. The molecule has 81 valence electrons. The van der Waals surface area contributed by atoms with Crippen LogP contribution in [-0.4, -0.2) is 17.1 Å². The summed E-state index contributed by atoms with van der Waals surface area (Å²) in [6.07, 6.45) is 2.25. The third-order valence-electron chi connectivity index (χ3n) is 2.13. The van der Waals surface area contributed by atoms with Gasteiger partial charge in [0.25, 0.3) is 0 Å². The average molecular weight is 217 g/mol. The van der Waals surface area contributed by atoms with Crippen LogP contribution in [0.5, 0.6) is 5.75 Å². The van der Waals surface area contributed by atoms with Crippen LogP contribution in [0.2, 0.25) is 0 Å². The van der Waals surface area contributed by atoms with Crippen molar-refractivity contribution in [3.05, 3.63) is 48.9 Å². The molecule has 0 aliphatic rings. The Kier molecular flexibility index (Phi) is 2.81. The molecule has 4 heteroatoms. The Morgan fingerprint density at radius 3 is 2.56 bits per heavy atom. The highest BCUT2D eigenvalue weighted by atomic mass is 19.1. The Balaban J connectivity index is 2.53. The summed E-state index contributed by atoms with van der Waals surface area (Å²) >= 11 is 0. The van der Waals surface area contributed by atoms with Crippen molar-refractivity contribution in [1.29, 1.82) is 0 Å². The van der Waals surface area contributed by atoms with Crippen molar-refractivity contribution in [3.8, 4) is 17.1 Å². The van der Waals surface area contributed by atoms with Gasteiger partial charge in [-0.3, -0.25) is 0 Å². The molecule has 0 saturated carbocycles. The topological polar surface area (TPSA) is 35.0 Å². The van der Waals surface area contributed by atoms with Gasteiger partial charge in [0.2, 0.25) is 0 Å². The van der Waals surface area contributed by atoms with Crippen molar-refractivity contribution >= 4 is 0 Å². The van der Waals surface area contributed by atoms with E-state index in [0.29, 0.717) is 17.1 Å². The second kappa shape index (κ2) is 4.26. The van der Waals surface area contributed by atoms with E-state index >= 15 is 0 Å². The fourth-order valence-corrected chi connectivity index (χ4v) is 1.38. The maximum absolute atomic E-state index is 12.7. The van der Waals surface area contributed by atoms with Gasteiger partial charge in [-0.2, -0.15) is 0 Å². The van der Waals surface area contributed by atoms with E-state index in [9.17, 15) is 4.39 Å². The van der Waals surface area contributed by atoms with Crippen LogP contribution in [0.3, 0.4) is 0 Å². The largest absolute Gasteiger partial charge is 0.496 e. The molecule has 0 aliphatic heterocycles. The van der Waals surface area contributed by atoms with E-state index in [1.165, 1.54) is 0 Å². The van der Waals surface area contributed by atoms with Crippen LogP contribution in [0, 0.1) is 12.7 Å². The van der Waals surface area contributed by atoms with Crippen LogP contribution in [-0.2, 0) is 0 Å². The smallest absolute Gasteiger partial charge is 0.163 e. The molecule has 0 spiro atoms. The van der Waals surface area contributed by atoms with E-state index in [1.54, 1.807) is 19.2 Å². The van der Waals surface area contributed by atoms with Crippen LogP contribution >= 0.6 is 0 Å². The Labute approximate surface area is 92.9 Å².